The Morgan fingerprint density at radius 2 is 2.56 bits per heavy atom. The molecule has 0 unspecified atom stereocenters. The van der Waals surface area contributed by atoms with E-state index in [1.807, 2.05) is 6.08 Å². The first kappa shape index (κ1) is 6.53. The molecule has 50 valence electrons. The second-order valence-corrected chi connectivity index (χ2v) is 2.58. The average molecular weight is 124 g/mol. The van der Waals surface area contributed by atoms with Crippen LogP contribution in [0, 0.1) is 5.92 Å². The number of ketones is 1. The minimum atomic E-state index is 0.322. The summed E-state index contributed by atoms with van der Waals surface area (Å²) < 4.78 is 0. The van der Waals surface area contributed by atoms with E-state index in [0.717, 1.165) is 25.7 Å². The normalized spacial score (nSPS) is 26.7. The molecule has 1 fully saturated rings. The van der Waals surface area contributed by atoms with Gasteiger partial charge in [-0.1, -0.05) is 6.08 Å². The molecular weight excluding hydrogens is 112 g/mol. The Hall–Kier alpha value is -0.590. The van der Waals surface area contributed by atoms with E-state index in [1.165, 1.54) is 0 Å². The minimum absolute atomic E-state index is 0.322. The third-order valence-electron chi connectivity index (χ3n) is 1.88. The largest absolute Gasteiger partial charge is 0.299 e. The molecule has 1 heteroatoms. The zero-order valence-corrected chi connectivity index (χ0v) is 5.60. The molecule has 0 N–H and O–H groups in total. The summed E-state index contributed by atoms with van der Waals surface area (Å²) in [4.78, 5) is 10.9. The number of carbonyl (C=O) groups is 1. The van der Waals surface area contributed by atoms with Gasteiger partial charge in [-0.25, -0.2) is 0 Å². The third kappa shape index (κ3) is 1.41. The molecule has 1 atom stereocenters. The van der Waals surface area contributed by atoms with Crippen molar-refractivity contribution in [3.05, 3.63) is 12.7 Å². The van der Waals surface area contributed by atoms with Crippen LogP contribution in [0.1, 0.15) is 25.7 Å². The standard InChI is InChI=1S/C8H12O/c1-2-4-7-5-3-6-8(7)9/h2,7H,1,3-6H2/t7-/m0/s1. The molecule has 0 saturated heterocycles. The van der Waals surface area contributed by atoms with Gasteiger partial charge in [0.05, 0.1) is 0 Å². The van der Waals surface area contributed by atoms with Gasteiger partial charge in [0.2, 0.25) is 0 Å². The zero-order valence-electron chi connectivity index (χ0n) is 5.60. The number of Topliss-reactive ketones (excluding diaryl/α,β-unsaturated/α-hetero) is 1. The van der Waals surface area contributed by atoms with Crippen molar-refractivity contribution in [2.45, 2.75) is 25.7 Å². The second kappa shape index (κ2) is 2.81. The maximum atomic E-state index is 10.9. The fourth-order valence-corrected chi connectivity index (χ4v) is 1.34. The topological polar surface area (TPSA) is 17.1 Å². The molecule has 1 aliphatic rings. The first-order chi connectivity index (χ1) is 4.34. The van der Waals surface area contributed by atoms with Crippen LogP contribution in [0.5, 0.6) is 0 Å². The lowest BCUT2D eigenvalue weighted by Crippen LogP contribution is -2.03. The van der Waals surface area contributed by atoms with Gasteiger partial charge in [-0.3, -0.25) is 4.79 Å². The van der Waals surface area contributed by atoms with E-state index in [9.17, 15) is 4.79 Å². The molecule has 0 aliphatic heterocycles. The quantitative estimate of drug-likeness (QED) is 0.514. The van der Waals surface area contributed by atoms with Gasteiger partial charge in [-0.2, -0.15) is 0 Å². The number of rotatable bonds is 2. The molecule has 0 spiro atoms. The molecule has 9 heavy (non-hydrogen) atoms. The minimum Gasteiger partial charge on any atom is -0.299 e. The van der Waals surface area contributed by atoms with Crippen LogP contribution in [0.4, 0.5) is 0 Å². The summed E-state index contributed by atoms with van der Waals surface area (Å²) in [6, 6.07) is 0. The molecule has 0 radical (unpaired) electrons. The summed E-state index contributed by atoms with van der Waals surface area (Å²) in [7, 11) is 0. The Morgan fingerprint density at radius 3 is 3.00 bits per heavy atom. The van der Waals surface area contributed by atoms with Crippen molar-refractivity contribution in [3.8, 4) is 0 Å². The highest BCUT2D eigenvalue weighted by molar-refractivity contribution is 5.82. The molecule has 0 aromatic heterocycles. The fourth-order valence-electron chi connectivity index (χ4n) is 1.34. The monoisotopic (exact) mass is 124 g/mol. The van der Waals surface area contributed by atoms with E-state index in [1.54, 1.807) is 0 Å². The van der Waals surface area contributed by atoms with Crippen LogP contribution in [-0.4, -0.2) is 5.78 Å². The van der Waals surface area contributed by atoms with Gasteiger partial charge in [0.15, 0.2) is 0 Å². The first-order valence-corrected chi connectivity index (χ1v) is 3.48. The van der Waals surface area contributed by atoms with Crippen molar-refractivity contribution < 1.29 is 4.79 Å². The van der Waals surface area contributed by atoms with Crippen molar-refractivity contribution in [2.24, 2.45) is 5.92 Å². The van der Waals surface area contributed by atoms with Crippen LogP contribution >= 0.6 is 0 Å². The van der Waals surface area contributed by atoms with Crippen LogP contribution in [0.2, 0.25) is 0 Å². The summed E-state index contributed by atoms with van der Waals surface area (Å²) in [5, 5.41) is 0. The summed E-state index contributed by atoms with van der Waals surface area (Å²) >= 11 is 0. The predicted octanol–water partition coefficient (Wildman–Crippen LogP) is 1.93. The third-order valence-corrected chi connectivity index (χ3v) is 1.88. The summed E-state index contributed by atoms with van der Waals surface area (Å²) in [5.41, 5.74) is 0. The Labute approximate surface area is 55.8 Å². The van der Waals surface area contributed by atoms with Crippen molar-refractivity contribution in [2.75, 3.05) is 0 Å². The fraction of sp³-hybridized carbons (Fsp3) is 0.625. The summed E-state index contributed by atoms with van der Waals surface area (Å²) in [6.07, 6.45) is 5.72. The van der Waals surface area contributed by atoms with Crippen LogP contribution in [-0.2, 0) is 4.79 Å². The van der Waals surface area contributed by atoms with Gasteiger partial charge >= 0.3 is 0 Å². The van der Waals surface area contributed by atoms with E-state index in [-0.39, 0.29) is 0 Å². The lowest BCUT2D eigenvalue weighted by atomic mass is 10.0. The van der Waals surface area contributed by atoms with Gasteiger partial charge in [-0.05, 0) is 19.3 Å². The molecule has 0 aromatic rings. The molecular formula is C8H12O. The Balaban J connectivity index is 2.39. The molecule has 0 aromatic carbocycles. The smallest absolute Gasteiger partial charge is 0.136 e. The Morgan fingerprint density at radius 1 is 1.78 bits per heavy atom. The van der Waals surface area contributed by atoms with Crippen molar-refractivity contribution in [1.82, 2.24) is 0 Å². The molecule has 1 nitrogen and oxygen atoms in total. The van der Waals surface area contributed by atoms with Crippen LogP contribution < -0.4 is 0 Å². The molecule has 0 amide bonds. The van der Waals surface area contributed by atoms with E-state index in [0.29, 0.717) is 11.7 Å². The van der Waals surface area contributed by atoms with Crippen LogP contribution in [0.15, 0.2) is 12.7 Å². The molecule has 1 rings (SSSR count). The van der Waals surface area contributed by atoms with Crippen molar-refractivity contribution in [1.29, 1.82) is 0 Å². The van der Waals surface area contributed by atoms with E-state index in [2.05, 4.69) is 6.58 Å². The lowest BCUT2D eigenvalue weighted by molar-refractivity contribution is -0.120. The number of hydrogen-bond donors (Lipinski definition) is 0. The molecule has 1 aliphatic carbocycles. The highest BCUT2D eigenvalue weighted by Crippen LogP contribution is 2.23. The number of carbonyl (C=O) groups excluding carboxylic acids is 1. The maximum absolute atomic E-state index is 10.9. The van der Waals surface area contributed by atoms with E-state index in [4.69, 9.17) is 0 Å². The number of hydrogen-bond acceptors (Lipinski definition) is 1. The van der Waals surface area contributed by atoms with Crippen molar-refractivity contribution in [3.63, 3.8) is 0 Å². The maximum Gasteiger partial charge on any atom is 0.136 e. The van der Waals surface area contributed by atoms with Gasteiger partial charge in [0.1, 0.15) is 5.78 Å². The van der Waals surface area contributed by atoms with Gasteiger partial charge in [-0.15, -0.1) is 6.58 Å². The molecule has 0 bridgehead atoms. The van der Waals surface area contributed by atoms with Gasteiger partial charge < -0.3 is 0 Å². The average Bonchev–Trinajstić information content (AvgIpc) is 2.18. The lowest BCUT2D eigenvalue weighted by Gasteiger charge is -2.00. The summed E-state index contributed by atoms with van der Waals surface area (Å²) in [6.45, 7) is 3.61. The zero-order chi connectivity index (χ0) is 6.69. The molecule has 1 saturated carbocycles. The van der Waals surface area contributed by atoms with Crippen LogP contribution in [0.25, 0.3) is 0 Å². The second-order valence-electron chi connectivity index (χ2n) is 2.58. The van der Waals surface area contributed by atoms with E-state index < -0.39 is 0 Å². The van der Waals surface area contributed by atoms with Gasteiger partial charge in [0, 0.05) is 12.3 Å². The molecule has 0 heterocycles. The van der Waals surface area contributed by atoms with E-state index >= 15 is 0 Å². The Bertz CT molecular complexity index is 127. The Kier molecular flexibility index (Phi) is 2.04. The highest BCUT2D eigenvalue weighted by Gasteiger charge is 2.22. The highest BCUT2D eigenvalue weighted by atomic mass is 16.1. The van der Waals surface area contributed by atoms with Gasteiger partial charge in [0.25, 0.3) is 0 Å². The SMILES string of the molecule is C=CC[C@H]1CCCC1=O. The summed E-state index contributed by atoms with van der Waals surface area (Å²) in [5.74, 6) is 0.761. The first-order valence-electron chi connectivity index (χ1n) is 3.48. The number of allylic oxidation sites excluding steroid dienone is 1. The van der Waals surface area contributed by atoms with Crippen molar-refractivity contribution >= 4 is 5.78 Å². The predicted molar refractivity (Wildman–Crippen MR) is 37.2 cm³/mol. The van der Waals surface area contributed by atoms with Crippen LogP contribution in [0.3, 0.4) is 0 Å².